The first-order valence-electron chi connectivity index (χ1n) is 7.71. The van der Waals surface area contributed by atoms with Crippen molar-refractivity contribution in [3.8, 4) is 5.75 Å². The molecule has 3 rings (SSSR count). The molecule has 2 heterocycles. The molecule has 7 heteroatoms. The van der Waals surface area contributed by atoms with Crippen LogP contribution in [0.15, 0.2) is 29.2 Å². The van der Waals surface area contributed by atoms with Crippen molar-refractivity contribution in [2.75, 3.05) is 0 Å². The summed E-state index contributed by atoms with van der Waals surface area (Å²) < 4.78 is 5.77. The van der Waals surface area contributed by atoms with E-state index in [0.717, 1.165) is 40.1 Å². The molecule has 1 aliphatic heterocycles. The molecular formula is C18H17N3O3S. The summed E-state index contributed by atoms with van der Waals surface area (Å²) in [5.41, 5.74) is 4.31. The Labute approximate surface area is 149 Å². The Morgan fingerprint density at radius 3 is 2.36 bits per heavy atom. The fourth-order valence-electron chi connectivity index (χ4n) is 2.28. The predicted molar refractivity (Wildman–Crippen MR) is 96.1 cm³/mol. The highest BCUT2D eigenvalue weighted by atomic mass is 32.2. The maximum Gasteiger partial charge on any atom is 0.290 e. The zero-order chi connectivity index (χ0) is 18.0. The maximum absolute atomic E-state index is 11.5. The highest BCUT2D eigenvalue weighted by Gasteiger charge is 2.24. The maximum atomic E-state index is 11.5. The quantitative estimate of drug-likeness (QED) is 0.848. The van der Waals surface area contributed by atoms with E-state index >= 15 is 0 Å². The largest absolute Gasteiger partial charge is 0.487 e. The number of nitrogens with one attached hydrogen (secondary N) is 1. The molecule has 1 saturated heterocycles. The summed E-state index contributed by atoms with van der Waals surface area (Å²) in [6.07, 6.45) is 1.67. The number of amides is 2. The Morgan fingerprint density at radius 1 is 1.04 bits per heavy atom. The predicted octanol–water partition coefficient (Wildman–Crippen LogP) is 3.30. The first-order chi connectivity index (χ1) is 11.9. The van der Waals surface area contributed by atoms with Gasteiger partial charge < -0.3 is 4.74 Å². The van der Waals surface area contributed by atoms with Crippen LogP contribution < -0.4 is 10.1 Å². The molecule has 0 unspecified atom stereocenters. The minimum Gasteiger partial charge on any atom is -0.487 e. The van der Waals surface area contributed by atoms with E-state index in [0.29, 0.717) is 17.3 Å². The summed E-state index contributed by atoms with van der Waals surface area (Å²) >= 11 is 0.899. The molecule has 2 aromatic rings. The lowest BCUT2D eigenvalue weighted by Gasteiger charge is -2.10. The molecule has 0 aliphatic carbocycles. The molecular weight excluding hydrogens is 338 g/mol. The summed E-state index contributed by atoms with van der Waals surface area (Å²) in [5.74, 6) is 0.334. The Kier molecular flexibility index (Phi) is 4.85. The first kappa shape index (κ1) is 17.2. The number of rotatable bonds is 4. The van der Waals surface area contributed by atoms with Crippen LogP contribution in [0.2, 0.25) is 0 Å². The fourth-order valence-corrected chi connectivity index (χ4v) is 2.96. The second kappa shape index (κ2) is 7.06. The average Bonchev–Trinajstić information content (AvgIpc) is 2.88. The van der Waals surface area contributed by atoms with E-state index in [-0.39, 0.29) is 11.1 Å². The summed E-state index contributed by atoms with van der Waals surface area (Å²) in [6.45, 7) is 6.12. The zero-order valence-corrected chi connectivity index (χ0v) is 14.9. The number of nitrogens with zero attached hydrogens (tertiary/aromatic N) is 2. The fraction of sp³-hybridized carbons (Fsp3) is 0.222. The van der Waals surface area contributed by atoms with Gasteiger partial charge in [0.25, 0.3) is 11.1 Å². The Bertz CT molecular complexity index is 876. The summed E-state index contributed by atoms with van der Waals surface area (Å²) in [5, 5.41) is 1.88. The van der Waals surface area contributed by atoms with E-state index in [9.17, 15) is 9.59 Å². The van der Waals surface area contributed by atoms with Gasteiger partial charge in [0.05, 0.1) is 27.7 Å². The van der Waals surface area contributed by atoms with Gasteiger partial charge in [-0.1, -0.05) is 12.1 Å². The number of benzene rings is 1. The average molecular weight is 355 g/mol. The van der Waals surface area contributed by atoms with Crippen molar-refractivity contribution in [1.29, 1.82) is 0 Å². The van der Waals surface area contributed by atoms with Crippen molar-refractivity contribution in [2.24, 2.45) is 0 Å². The number of aromatic nitrogens is 2. The van der Waals surface area contributed by atoms with Crippen molar-refractivity contribution in [2.45, 2.75) is 27.4 Å². The van der Waals surface area contributed by atoms with Gasteiger partial charge in [0.2, 0.25) is 0 Å². The minimum atomic E-state index is -0.362. The molecule has 2 amide bonds. The lowest BCUT2D eigenvalue weighted by molar-refractivity contribution is -0.115. The van der Waals surface area contributed by atoms with Crippen LogP contribution >= 0.6 is 11.8 Å². The third-order valence-corrected chi connectivity index (χ3v) is 4.59. The van der Waals surface area contributed by atoms with E-state index in [1.165, 1.54) is 0 Å². The van der Waals surface area contributed by atoms with Crippen LogP contribution in [0.25, 0.3) is 6.08 Å². The Morgan fingerprint density at radius 2 is 1.72 bits per heavy atom. The van der Waals surface area contributed by atoms with Gasteiger partial charge in [-0.05, 0) is 56.3 Å². The van der Waals surface area contributed by atoms with Gasteiger partial charge in [-0.3, -0.25) is 24.9 Å². The second-order valence-electron chi connectivity index (χ2n) is 5.64. The molecule has 0 saturated carbocycles. The van der Waals surface area contributed by atoms with Crippen molar-refractivity contribution < 1.29 is 14.3 Å². The molecule has 1 N–H and O–H groups in total. The number of carbonyl (C=O) groups is 2. The van der Waals surface area contributed by atoms with Crippen molar-refractivity contribution >= 4 is 29.0 Å². The number of hydrogen-bond acceptors (Lipinski definition) is 6. The Balaban J connectivity index is 1.67. The molecule has 1 aromatic carbocycles. The minimum absolute atomic E-state index is 0.340. The summed E-state index contributed by atoms with van der Waals surface area (Å²) in [7, 11) is 0. The standard InChI is InChI=1S/C18H17N3O3S/c1-10-11(2)20-15(12(3)19-10)9-24-14-6-4-13(5-7-14)8-16-17(22)21-18(23)25-16/h4-8H,9H2,1-3H3,(H,21,22,23)/b16-8-. The highest BCUT2D eigenvalue weighted by Crippen LogP contribution is 2.26. The smallest absolute Gasteiger partial charge is 0.290 e. The van der Waals surface area contributed by atoms with Crippen LogP contribution in [-0.4, -0.2) is 21.1 Å². The Hall–Kier alpha value is -2.67. The molecule has 128 valence electrons. The van der Waals surface area contributed by atoms with Crippen LogP contribution in [0.4, 0.5) is 4.79 Å². The van der Waals surface area contributed by atoms with Crippen molar-refractivity contribution in [3.05, 3.63) is 57.5 Å². The molecule has 0 spiro atoms. The third kappa shape index (κ3) is 4.06. The second-order valence-corrected chi connectivity index (χ2v) is 6.65. The van der Waals surface area contributed by atoms with Crippen LogP contribution in [0.3, 0.4) is 0 Å². The lowest BCUT2D eigenvalue weighted by atomic mass is 10.2. The third-order valence-electron chi connectivity index (χ3n) is 3.77. The number of imide groups is 1. The molecule has 1 aliphatic rings. The zero-order valence-electron chi connectivity index (χ0n) is 14.1. The topological polar surface area (TPSA) is 81.2 Å². The number of aryl methyl sites for hydroxylation is 3. The van der Waals surface area contributed by atoms with Crippen LogP contribution in [0.1, 0.15) is 28.3 Å². The van der Waals surface area contributed by atoms with Crippen LogP contribution in [0, 0.1) is 20.8 Å². The van der Waals surface area contributed by atoms with Gasteiger partial charge in [-0.15, -0.1) is 0 Å². The monoisotopic (exact) mass is 355 g/mol. The lowest BCUT2D eigenvalue weighted by Crippen LogP contribution is -2.17. The first-order valence-corrected chi connectivity index (χ1v) is 8.52. The van der Waals surface area contributed by atoms with Gasteiger partial charge in [0.15, 0.2) is 0 Å². The number of thioether (sulfide) groups is 1. The summed E-state index contributed by atoms with van der Waals surface area (Å²) in [4.78, 5) is 32.1. The van der Waals surface area contributed by atoms with E-state index in [1.807, 2.05) is 45.0 Å². The van der Waals surface area contributed by atoms with Gasteiger partial charge >= 0.3 is 0 Å². The molecule has 1 aromatic heterocycles. The van der Waals surface area contributed by atoms with Crippen LogP contribution in [-0.2, 0) is 11.4 Å². The molecule has 0 atom stereocenters. The van der Waals surface area contributed by atoms with Gasteiger partial charge in [-0.25, -0.2) is 0 Å². The van der Waals surface area contributed by atoms with Crippen molar-refractivity contribution in [3.63, 3.8) is 0 Å². The van der Waals surface area contributed by atoms with E-state index in [4.69, 9.17) is 4.74 Å². The molecule has 0 radical (unpaired) electrons. The summed E-state index contributed by atoms with van der Waals surface area (Å²) in [6, 6.07) is 7.29. The van der Waals surface area contributed by atoms with E-state index < -0.39 is 0 Å². The molecule has 0 bridgehead atoms. The van der Waals surface area contributed by atoms with Gasteiger partial charge in [-0.2, -0.15) is 0 Å². The van der Waals surface area contributed by atoms with E-state index in [1.54, 1.807) is 6.08 Å². The SMILES string of the molecule is Cc1nc(C)c(COc2ccc(/C=C3\SC(=O)NC3=O)cc2)nc1C. The number of hydrogen-bond donors (Lipinski definition) is 1. The number of carbonyl (C=O) groups excluding carboxylic acids is 2. The number of ether oxygens (including phenoxy) is 1. The van der Waals surface area contributed by atoms with Crippen molar-refractivity contribution in [1.82, 2.24) is 15.3 Å². The van der Waals surface area contributed by atoms with Crippen LogP contribution in [0.5, 0.6) is 5.75 Å². The normalized spacial score (nSPS) is 15.6. The van der Waals surface area contributed by atoms with E-state index in [2.05, 4.69) is 15.3 Å². The molecule has 6 nitrogen and oxygen atoms in total. The highest BCUT2D eigenvalue weighted by molar-refractivity contribution is 8.18. The van der Waals surface area contributed by atoms with Gasteiger partial charge in [0, 0.05) is 0 Å². The molecule has 25 heavy (non-hydrogen) atoms. The van der Waals surface area contributed by atoms with Gasteiger partial charge in [0.1, 0.15) is 12.4 Å². The molecule has 1 fully saturated rings.